The number of rotatable bonds is 4. The minimum Gasteiger partial charge on any atom is -0.324 e. The van der Waals surface area contributed by atoms with Gasteiger partial charge in [-0.05, 0) is 37.1 Å². The molecule has 0 aliphatic carbocycles. The normalized spacial score (nSPS) is 24.4. The van der Waals surface area contributed by atoms with E-state index in [4.69, 9.17) is 0 Å². The Hall–Kier alpha value is -2.88. The van der Waals surface area contributed by atoms with Gasteiger partial charge in [0.25, 0.3) is 0 Å². The fraction of sp³-hybridized carbons (Fsp3) is 0.273. The smallest absolute Gasteiger partial charge is 0.324 e. The first kappa shape index (κ1) is 20.0. The summed E-state index contributed by atoms with van der Waals surface area (Å²) in [6.45, 7) is 2.00. The third-order valence-electron chi connectivity index (χ3n) is 5.82. The molecule has 9 heteroatoms. The van der Waals surface area contributed by atoms with E-state index < -0.39 is 0 Å². The van der Waals surface area contributed by atoms with Crippen LogP contribution in [0.3, 0.4) is 0 Å². The average Bonchev–Trinajstić information content (AvgIpc) is 3.30. The first-order chi connectivity index (χ1) is 15.0. The van der Waals surface area contributed by atoms with Crippen molar-refractivity contribution in [3.8, 4) is 0 Å². The fourth-order valence-electron chi connectivity index (χ4n) is 4.26. The highest BCUT2D eigenvalue weighted by molar-refractivity contribution is 9.10. The molecule has 3 atom stereocenters. The molecular formula is C22H23BrN6O2. The molecule has 0 bridgehead atoms. The third-order valence-corrected chi connectivity index (χ3v) is 6.31. The van der Waals surface area contributed by atoms with E-state index >= 15 is 0 Å². The molecule has 0 radical (unpaired) electrons. The Morgan fingerprint density at radius 2 is 1.97 bits per heavy atom. The van der Waals surface area contributed by atoms with Gasteiger partial charge < -0.3 is 10.3 Å². The van der Waals surface area contributed by atoms with Gasteiger partial charge in [0.1, 0.15) is 12.7 Å². The summed E-state index contributed by atoms with van der Waals surface area (Å²) in [5.41, 5.74) is 9.87. The molecule has 31 heavy (non-hydrogen) atoms. The van der Waals surface area contributed by atoms with Crippen LogP contribution in [0, 0.1) is 6.92 Å². The number of amides is 3. The summed E-state index contributed by atoms with van der Waals surface area (Å²) in [5.74, 6) is -0.262. The fourth-order valence-corrected chi connectivity index (χ4v) is 4.66. The molecular weight excluding hydrogens is 460 g/mol. The SMILES string of the molecule is Cc1ccc(C2CC3C4NN(CC(=O)Nc5cccc(Br)c5)C(=O)N4C=CN3N2)cc1. The van der Waals surface area contributed by atoms with Crippen LogP contribution in [0.2, 0.25) is 0 Å². The minimum atomic E-state index is -0.262. The number of hydrogen-bond donors (Lipinski definition) is 3. The number of halogens is 1. The van der Waals surface area contributed by atoms with E-state index in [1.807, 2.05) is 24.4 Å². The van der Waals surface area contributed by atoms with Crippen molar-refractivity contribution in [2.75, 3.05) is 11.9 Å². The Kier molecular flexibility index (Phi) is 5.17. The number of nitrogens with one attached hydrogen (secondary N) is 3. The van der Waals surface area contributed by atoms with Crippen molar-refractivity contribution in [1.29, 1.82) is 0 Å². The second kappa shape index (κ2) is 7.99. The lowest BCUT2D eigenvalue weighted by Gasteiger charge is -2.34. The van der Waals surface area contributed by atoms with E-state index in [2.05, 4.69) is 68.3 Å². The summed E-state index contributed by atoms with van der Waals surface area (Å²) >= 11 is 3.39. The molecule has 3 heterocycles. The number of anilines is 1. The highest BCUT2D eigenvalue weighted by Crippen LogP contribution is 2.34. The molecule has 2 aromatic rings. The van der Waals surface area contributed by atoms with E-state index in [-0.39, 0.29) is 36.7 Å². The van der Waals surface area contributed by atoms with E-state index in [0.717, 1.165) is 10.9 Å². The first-order valence-electron chi connectivity index (χ1n) is 10.2. The number of urea groups is 1. The van der Waals surface area contributed by atoms with Crippen molar-refractivity contribution in [3.63, 3.8) is 0 Å². The van der Waals surface area contributed by atoms with Crippen LogP contribution in [0.5, 0.6) is 0 Å². The van der Waals surface area contributed by atoms with Gasteiger partial charge in [-0.25, -0.2) is 20.7 Å². The molecule has 8 nitrogen and oxygen atoms in total. The molecule has 2 fully saturated rings. The maximum absolute atomic E-state index is 12.9. The summed E-state index contributed by atoms with van der Waals surface area (Å²) in [6, 6.07) is 15.8. The van der Waals surface area contributed by atoms with E-state index in [9.17, 15) is 9.59 Å². The van der Waals surface area contributed by atoms with Gasteiger partial charge in [-0.15, -0.1) is 0 Å². The van der Waals surface area contributed by atoms with Crippen molar-refractivity contribution >= 4 is 33.6 Å². The van der Waals surface area contributed by atoms with Gasteiger partial charge in [-0.1, -0.05) is 51.8 Å². The van der Waals surface area contributed by atoms with Gasteiger partial charge in [0.15, 0.2) is 0 Å². The largest absolute Gasteiger partial charge is 0.340 e. The lowest BCUT2D eigenvalue weighted by atomic mass is 9.99. The van der Waals surface area contributed by atoms with Crippen molar-refractivity contribution in [2.24, 2.45) is 0 Å². The third kappa shape index (κ3) is 3.91. The summed E-state index contributed by atoms with van der Waals surface area (Å²) in [6.07, 6.45) is 4.25. The molecule has 2 saturated heterocycles. The van der Waals surface area contributed by atoms with E-state index in [1.165, 1.54) is 16.1 Å². The molecule has 0 spiro atoms. The molecule has 0 aromatic heterocycles. The molecule has 3 unspecified atom stereocenters. The summed E-state index contributed by atoms with van der Waals surface area (Å²) in [5, 5.41) is 6.26. The minimum absolute atomic E-state index is 0.0541. The van der Waals surface area contributed by atoms with Crippen LogP contribution >= 0.6 is 15.9 Å². The molecule has 5 rings (SSSR count). The van der Waals surface area contributed by atoms with Gasteiger partial charge in [-0.3, -0.25) is 9.69 Å². The number of hydrogen-bond acceptors (Lipinski definition) is 5. The van der Waals surface area contributed by atoms with Crippen molar-refractivity contribution < 1.29 is 9.59 Å². The van der Waals surface area contributed by atoms with Crippen LogP contribution in [0.4, 0.5) is 10.5 Å². The molecule has 3 aliphatic rings. The average molecular weight is 483 g/mol. The number of fused-ring (bicyclic) bond motifs is 3. The zero-order chi connectivity index (χ0) is 21.5. The highest BCUT2D eigenvalue weighted by atomic mass is 79.9. The second-order valence-electron chi connectivity index (χ2n) is 8.01. The lowest BCUT2D eigenvalue weighted by Crippen LogP contribution is -2.54. The molecule has 0 saturated carbocycles. The summed E-state index contributed by atoms with van der Waals surface area (Å²) in [7, 11) is 0. The number of carbonyl (C=O) groups excluding carboxylic acids is 2. The number of aryl methyl sites for hydroxylation is 1. The predicted molar refractivity (Wildman–Crippen MR) is 120 cm³/mol. The van der Waals surface area contributed by atoms with Gasteiger partial charge in [-0.2, -0.15) is 0 Å². The van der Waals surface area contributed by atoms with Crippen LogP contribution in [0.1, 0.15) is 23.6 Å². The molecule has 160 valence electrons. The zero-order valence-electron chi connectivity index (χ0n) is 17.0. The Morgan fingerprint density at radius 1 is 1.16 bits per heavy atom. The van der Waals surface area contributed by atoms with E-state index in [0.29, 0.717) is 5.69 Å². The van der Waals surface area contributed by atoms with Crippen LogP contribution in [-0.4, -0.2) is 45.6 Å². The Balaban J connectivity index is 1.25. The van der Waals surface area contributed by atoms with Crippen molar-refractivity contribution in [3.05, 3.63) is 76.5 Å². The van der Waals surface area contributed by atoms with Gasteiger partial charge >= 0.3 is 6.03 Å². The standard InChI is InChI=1S/C22H23BrN6O2/c1-14-5-7-15(8-6-14)18-12-19-21-26-29(22(31)27(21)9-10-28(19)25-18)13-20(30)24-17-4-2-3-16(23)11-17/h2-11,18-19,21,25-26H,12-13H2,1H3,(H,24,30). The molecule has 3 N–H and O–H groups in total. The number of hydrazine groups is 2. The molecule has 2 aromatic carbocycles. The van der Waals surface area contributed by atoms with Crippen molar-refractivity contribution in [2.45, 2.75) is 31.6 Å². The summed E-state index contributed by atoms with van der Waals surface area (Å²) in [4.78, 5) is 27.0. The Labute approximate surface area is 188 Å². The molecule has 3 amide bonds. The number of carbonyl (C=O) groups is 2. The topological polar surface area (TPSA) is 80.0 Å². The number of nitrogens with zero attached hydrogens (tertiary/aromatic N) is 3. The highest BCUT2D eigenvalue weighted by Gasteiger charge is 2.48. The summed E-state index contributed by atoms with van der Waals surface area (Å²) < 4.78 is 0.875. The van der Waals surface area contributed by atoms with Crippen LogP contribution in [0.25, 0.3) is 0 Å². The van der Waals surface area contributed by atoms with Crippen LogP contribution in [0.15, 0.2) is 65.4 Å². The maximum Gasteiger partial charge on any atom is 0.340 e. The Morgan fingerprint density at radius 3 is 2.74 bits per heavy atom. The van der Waals surface area contributed by atoms with Crippen LogP contribution in [-0.2, 0) is 4.79 Å². The lowest BCUT2D eigenvalue weighted by molar-refractivity contribution is -0.117. The van der Waals surface area contributed by atoms with E-state index in [1.54, 1.807) is 17.2 Å². The van der Waals surface area contributed by atoms with Crippen LogP contribution < -0.4 is 16.2 Å². The second-order valence-corrected chi connectivity index (χ2v) is 8.92. The van der Waals surface area contributed by atoms with Gasteiger partial charge in [0.05, 0.1) is 12.1 Å². The zero-order valence-corrected chi connectivity index (χ0v) is 18.5. The van der Waals surface area contributed by atoms with Gasteiger partial charge in [0.2, 0.25) is 5.91 Å². The van der Waals surface area contributed by atoms with Gasteiger partial charge in [0, 0.05) is 22.6 Å². The maximum atomic E-state index is 12.9. The quantitative estimate of drug-likeness (QED) is 0.623. The predicted octanol–water partition coefficient (Wildman–Crippen LogP) is 3.07. The monoisotopic (exact) mass is 482 g/mol. The number of benzene rings is 2. The Bertz CT molecular complexity index is 1040. The van der Waals surface area contributed by atoms with Crippen molar-refractivity contribution in [1.82, 2.24) is 25.8 Å². The molecule has 3 aliphatic heterocycles. The first-order valence-corrected chi connectivity index (χ1v) is 11.0.